The van der Waals surface area contributed by atoms with Gasteiger partial charge >= 0.3 is 19.7 Å². The maximum atomic E-state index is 12.8. The summed E-state index contributed by atoms with van der Waals surface area (Å²) in [5, 5.41) is 5.04. The molecule has 3 atom stereocenters. The standard InChI is InChI=1S/C19H28N3O8P/c1-13(18(25)27-4)22-31(26)29-12-19(2,3)16(30-31)17(24)21-10-7-15(23)28-11-14-5-8-20-9-6-14/h5-6,8-9,13,16H,7,10-12H2,1-4H3,(H,21,24)(H,22,26)/t13-,16-,31+/m0/s1. The Bertz CT molecular complexity index is 833. The third-order valence-electron chi connectivity index (χ3n) is 4.48. The monoisotopic (exact) mass is 457 g/mol. The SMILES string of the molecule is COC(=O)[C@H](C)N[P@@]1(=O)OCC(C)(C)[C@H](C(=O)NCCC(=O)OCc2ccncc2)O1. The minimum Gasteiger partial charge on any atom is -0.468 e. The summed E-state index contributed by atoms with van der Waals surface area (Å²) in [4.78, 5) is 40.0. The van der Waals surface area contributed by atoms with Gasteiger partial charge in [-0.25, -0.2) is 9.65 Å². The number of nitrogens with one attached hydrogen (secondary N) is 2. The number of methoxy groups -OCH3 is 1. The largest absolute Gasteiger partial charge is 0.468 e. The van der Waals surface area contributed by atoms with Crippen molar-refractivity contribution in [3.8, 4) is 0 Å². The predicted octanol–water partition coefficient (Wildman–Crippen LogP) is 1.33. The van der Waals surface area contributed by atoms with Gasteiger partial charge in [-0.2, -0.15) is 0 Å². The van der Waals surface area contributed by atoms with Crippen molar-refractivity contribution in [1.29, 1.82) is 0 Å². The van der Waals surface area contributed by atoms with Gasteiger partial charge < -0.3 is 14.8 Å². The van der Waals surface area contributed by atoms with Crippen LogP contribution in [0.4, 0.5) is 0 Å². The summed E-state index contributed by atoms with van der Waals surface area (Å²) >= 11 is 0. The molecule has 1 aromatic rings. The van der Waals surface area contributed by atoms with Crippen LogP contribution in [0.1, 0.15) is 32.8 Å². The van der Waals surface area contributed by atoms with Crippen molar-refractivity contribution >= 4 is 25.6 Å². The van der Waals surface area contributed by atoms with Crippen LogP contribution in [0.3, 0.4) is 0 Å². The third-order valence-corrected chi connectivity index (χ3v) is 6.14. The highest BCUT2D eigenvalue weighted by atomic mass is 31.2. The molecule has 2 rings (SSSR count). The predicted molar refractivity (Wildman–Crippen MR) is 108 cm³/mol. The second-order valence-corrected chi connectivity index (χ2v) is 9.40. The minimum absolute atomic E-state index is 0.0150. The van der Waals surface area contributed by atoms with Crippen LogP contribution in [-0.2, 0) is 44.1 Å². The molecular formula is C19H28N3O8P. The summed E-state index contributed by atoms with van der Waals surface area (Å²) in [6, 6.07) is 2.50. The summed E-state index contributed by atoms with van der Waals surface area (Å²) in [5.74, 6) is -1.69. The van der Waals surface area contributed by atoms with Crippen molar-refractivity contribution in [2.75, 3.05) is 20.3 Å². The van der Waals surface area contributed by atoms with E-state index in [1.54, 1.807) is 38.4 Å². The Balaban J connectivity index is 1.86. The van der Waals surface area contributed by atoms with Gasteiger partial charge in [0, 0.05) is 24.4 Å². The molecule has 0 bridgehead atoms. The normalized spacial score (nSPS) is 23.4. The Morgan fingerprint density at radius 2 is 2.00 bits per heavy atom. The van der Waals surface area contributed by atoms with Crippen molar-refractivity contribution in [1.82, 2.24) is 15.4 Å². The van der Waals surface area contributed by atoms with Crippen LogP contribution in [0.2, 0.25) is 0 Å². The van der Waals surface area contributed by atoms with Gasteiger partial charge in [-0.3, -0.25) is 28.4 Å². The van der Waals surface area contributed by atoms with Gasteiger partial charge in [-0.05, 0) is 24.6 Å². The number of esters is 2. The maximum Gasteiger partial charge on any atom is 0.407 e. The second kappa shape index (κ2) is 10.8. The molecule has 172 valence electrons. The first kappa shape index (κ1) is 24.9. The zero-order valence-corrected chi connectivity index (χ0v) is 18.8. The molecule has 1 aliphatic heterocycles. The number of carbonyl (C=O) groups excluding carboxylic acids is 3. The van der Waals surface area contributed by atoms with Gasteiger partial charge in [-0.15, -0.1) is 0 Å². The zero-order valence-electron chi connectivity index (χ0n) is 18.0. The molecule has 2 heterocycles. The molecule has 31 heavy (non-hydrogen) atoms. The van der Waals surface area contributed by atoms with Crippen molar-refractivity contribution in [2.24, 2.45) is 5.41 Å². The van der Waals surface area contributed by atoms with Gasteiger partial charge in [0.05, 0.1) is 20.1 Å². The van der Waals surface area contributed by atoms with E-state index in [2.05, 4.69) is 20.1 Å². The van der Waals surface area contributed by atoms with Crippen LogP contribution < -0.4 is 10.4 Å². The number of pyridine rings is 1. The Morgan fingerprint density at radius 3 is 2.65 bits per heavy atom. The van der Waals surface area contributed by atoms with Gasteiger partial charge in [0.15, 0.2) is 6.10 Å². The van der Waals surface area contributed by atoms with E-state index in [1.165, 1.54) is 14.0 Å². The summed E-state index contributed by atoms with van der Waals surface area (Å²) in [6.45, 7) is 4.95. The lowest BCUT2D eigenvalue weighted by atomic mass is 9.87. The van der Waals surface area contributed by atoms with E-state index < -0.39 is 43.2 Å². The van der Waals surface area contributed by atoms with Crippen LogP contribution >= 0.6 is 7.75 Å². The molecule has 1 aliphatic rings. The summed E-state index contributed by atoms with van der Waals surface area (Å²) < 4.78 is 33.3. The molecule has 2 N–H and O–H groups in total. The fourth-order valence-corrected chi connectivity index (χ4v) is 4.61. The van der Waals surface area contributed by atoms with Crippen LogP contribution in [-0.4, -0.2) is 55.2 Å². The Morgan fingerprint density at radius 1 is 1.32 bits per heavy atom. The molecule has 0 spiro atoms. The van der Waals surface area contributed by atoms with Crippen molar-refractivity contribution in [3.05, 3.63) is 30.1 Å². The number of aromatic nitrogens is 1. The fraction of sp³-hybridized carbons (Fsp3) is 0.579. The first-order valence-corrected chi connectivity index (χ1v) is 11.2. The summed E-state index contributed by atoms with van der Waals surface area (Å²) in [5.41, 5.74) is 0.00456. The zero-order chi connectivity index (χ0) is 23.1. The average Bonchev–Trinajstić information content (AvgIpc) is 2.74. The Labute approximate surface area is 180 Å². The topological polar surface area (TPSA) is 142 Å². The summed E-state index contributed by atoms with van der Waals surface area (Å²) in [7, 11) is -2.74. The van der Waals surface area contributed by atoms with Crippen LogP contribution in [0.15, 0.2) is 24.5 Å². The lowest BCUT2D eigenvalue weighted by molar-refractivity contribution is -0.145. The molecule has 0 saturated carbocycles. The molecule has 12 heteroatoms. The van der Waals surface area contributed by atoms with Crippen LogP contribution in [0.25, 0.3) is 0 Å². The smallest absolute Gasteiger partial charge is 0.407 e. The lowest BCUT2D eigenvalue weighted by Gasteiger charge is -2.40. The van der Waals surface area contributed by atoms with E-state index >= 15 is 0 Å². The van der Waals surface area contributed by atoms with E-state index in [0.717, 1.165) is 5.56 Å². The molecule has 1 fully saturated rings. The number of rotatable bonds is 9. The van der Waals surface area contributed by atoms with Crippen molar-refractivity contribution in [2.45, 2.75) is 45.9 Å². The average molecular weight is 457 g/mol. The number of amides is 1. The molecule has 0 unspecified atom stereocenters. The molecular weight excluding hydrogens is 429 g/mol. The van der Waals surface area contributed by atoms with Crippen molar-refractivity contribution in [3.63, 3.8) is 0 Å². The Kier molecular flexibility index (Phi) is 8.69. The third kappa shape index (κ3) is 7.39. The molecule has 11 nitrogen and oxygen atoms in total. The molecule has 1 saturated heterocycles. The molecule has 0 radical (unpaired) electrons. The second-order valence-electron chi connectivity index (χ2n) is 7.68. The molecule has 0 aliphatic carbocycles. The van der Waals surface area contributed by atoms with Crippen LogP contribution in [0.5, 0.6) is 0 Å². The van der Waals surface area contributed by atoms with Gasteiger partial charge in [0.25, 0.3) is 0 Å². The highest BCUT2D eigenvalue weighted by molar-refractivity contribution is 7.51. The number of hydrogen-bond acceptors (Lipinski definition) is 9. The first-order valence-electron chi connectivity index (χ1n) is 9.67. The van der Waals surface area contributed by atoms with Gasteiger partial charge in [0.1, 0.15) is 12.6 Å². The van der Waals surface area contributed by atoms with E-state index in [0.29, 0.717) is 0 Å². The fourth-order valence-electron chi connectivity index (χ4n) is 2.67. The van der Waals surface area contributed by atoms with E-state index in [-0.39, 0.29) is 26.2 Å². The highest BCUT2D eigenvalue weighted by Gasteiger charge is 2.48. The minimum atomic E-state index is -3.93. The molecule has 0 aromatic carbocycles. The van der Waals surface area contributed by atoms with Crippen LogP contribution in [0, 0.1) is 5.41 Å². The number of hydrogen-bond donors (Lipinski definition) is 2. The van der Waals surface area contributed by atoms with E-state index in [4.69, 9.17) is 13.8 Å². The van der Waals surface area contributed by atoms with Gasteiger partial charge in [-0.1, -0.05) is 13.8 Å². The summed E-state index contributed by atoms with van der Waals surface area (Å²) in [6.07, 6.45) is 2.02. The lowest BCUT2D eigenvalue weighted by Crippen LogP contribution is -2.51. The molecule has 1 amide bonds. The van der Waals surface area contributed by atoms with E-state index in [9.17, 15) is 18.9 Å². The number of carbonyl (C=O) groups is 3. The van der Waals surface area contributed by atoms with Gasteiger partial charge in [0.2, 0.25) is 5.91 Å². The molecule has 1 aromatic heterocycles. The number of ether oxygens (including phenoxy) is 2. The van der Waals surface area contributed by atoms with Crippen molar-refractivity contribution < 1.29 is 37.5 Å². The van der Waals surface area contributed by atoms with E-state index in [1.807, 2.05) is 0 Å². The first-order chi connectivity index (χ1) is 14.6. The Hall–Kier alpha value is -2.33. The highest BCUT2D eigenvalue weighted by Crippen LogP contribution is 2.53. The number of nitrogens with zero attached hydrogens (tertiary/aromatic N) is 1. The maximum absolute atomic E-state index is 12.8. The quantitative estimate of drug-likeness (QED) is 0.412.